The molecule has 3 nitrogen and oxygen atoms in total. The molecule has 1 aromatic rings. The molecular weight excluding hydrogens is 195 g/mol. The zero-order valence-electron chi connectivity index (χ0n) is 9.17. The Morgan fingerprint density at radius 3 is 2.67 bits per heavy atom. The lowest BCUT2D eigenvalue weighted by molar-refractivity contribution is 0.0801. The Morgan fingerprint density at radius 1 is 1.53 bits per heavy atom. The summed E-state index contributed by atoms with van der Waals surface area (Å²) in [6.07, 6.45) is 0. The van der Waals surface area contributed by atoms with Gasteiger partial charge in [-0.1, -0.05) is 0 Å². The molecule has 2 N–H and O–H groups in total. The van der Waals surface area contributed by atoms with Crippen LogP contribution in [0.25, 0.3) is 0 Å². The van der Waals surface area contributed by atoms with E-state index in [0.29, 0.717) is 17.7 Å². The van der Waals surface area contributed by atoms with E-state index in [1.807, 2.05) is 6.92 Å². The summed E-state index contributed by atoms with van der Waals surface area (Å²) < 4.78 is 13.1. The van der Waals surface area contributed by atoms with Crippen LogP contribution in [0.15, 0.2) is 12.1 Å². The molecule has 0 bridgehead atoms. The zero-order chi connectivity index (χ0) is 11.6. The maximum absolute atomic E-state index is 13.1. The van der Waals surface area contributed by atoms with Crippen molar-refractivity contribution in [2.75, 3.05) is 19.3 Å². The van der Waals surface area contributed by atoms with Gasteiger partial charge in [0.1, 0.15) is 5.82 Å². The number of benzene rings is 1. The van der Waals surface area contributed by atoms with Crippen molar-refractivity contribution < 1.29 is 9.18 Å². The van der Waals surface area contributed by atoms with Crippen LogP contribution in [0.1, 0.15) is 22.8 Å². The van der Waals surface area contributed by atoms with E-state index in [2.05, 4.69) is 0 Å². The fourth-order valence-electron chi connectivity index (χ4n) is 1.27. The molecular formula is C11H15FN2O. The highest BCUT2D eigenvalue weighted by Crippen LogP contribution is 2.18. The smallest absolute Gasteiger partial charge is 0.253 e. The fraction of sp³-hybridized carbons (Fsp3) is 0.364. The summed E-state index contributed by atoms with van der Waals surface area (Å²) in [5.41, 5.74) is 6.49. The van der Waals surface area contributed by atoms with Gasteiger partial charge >= 0.3 is 0 Å². The second-order valence-electron chi connectivity index (χ2n) is 3.51. The minimum Gasteiger partial charge on any atom is -0.396 e. The van der Waals surface area contributed by atoms with Crippen molar-refractivity contribution in [2.24, 2.45) is 0 Å². The number of hydrogen-bond donors (Lipinski definition) is 1. The average Bonchev–Trinajstić information content (AvgIpc) is 2.21. The molecule has 0 radical (unpaired) electrons. The second-order valence-corrected chi connectivity index (χ2v) is 3.51. The number of amides is 1. The number of nitrogen functional groups attached to an aromatic ring is 1. The van der Waals surface area contributed by atoms with Gasteiger partial charge in [0.25, 0.3) is 5.91 Å². The van der Waals surface area contributed by atoms with Crippen molar-refractivity contribution in [1.82, 2.24) is 4.90 Å². The summed E-state index contributed by atoms with van der Waals surface area (Å²) in [5.74, 6) is -0.620. The van der Waals surface area contributed by atoms with Gasteiger partial charge in [-0.2, -0.15) is 0 Å². The van der Waals surface area contributed by atoms with E-state index in [-0.39, 0.29) is 11.6 Å². The third-order valence-electron chi connectivity index (χ3n) is 2.40. The van der Waals surface area contributed by atoms with E-state index in [0.717, 1.165) is 0 Å². The van der Waals surface area contributed by atoms with Crippen molar-refractivity contribution in [1.29, 1.82) is 0 Å². The number of halogens is 1. The lowest BCUT2D eigenvalue weighted by Crippen LogP contribution is -2.27. The number of aryl methyl sites for hydroxylation is 1. The summed E-state index contributed by atoms with van der Waals surface area (Å²) in [6, 6.07) is 2.67. The van der Waals surface area contributed by atoms with Crippen LogP contribution in [0.4, 0.5) is 10.1 Å². The monoisotopic (exact) mass is 210 g/mol. The van der Waals surface area contributed by atoms with Crippen LogP contribution in [0.3, 0.4) is 0 Å². The van der Waals surface area contributed by atoms with Crippen molar-refractivity contribution in [3.63, 3.8) is 0 Å². The Bertz CT molecular complexity index is 390. The summed E-state index contributed by atoms with van der Waals surface area (Å²) >= 11 is 0. The van der Waals surface area contributed by atoms with Crippen LogP contribution in [0.2, 0.25) is 0 Å². The van der Waals surface area contributed by atoms with Crippen LogP contribution in [-0.2, 0) is 0 Å². The van der Waals surface area contributed by atoms with Gasteiger partial charge in [0, 0.05) is 19.2 Å². The molecule has 1 amide bonds. The Labute approximate surface area is 88.7 Å². The van der Waals surface area contributed by atoms with E-state index >= 15 is 0 Å². The molecule has 0 saturated carbocycles. The summed E-state index contributed by atoms with van der Waals surface area (Å²) in [7, 11) is 1.70. The maximum atomic E-state index is 13.1. The van der Waals surface area contributed by atoms with E-state index in [1.54, 1.807) is 18.9 Å². The standard InChI is InChI=1S/C11H15FN2O/c1-4-14(3)11(15)8-6-10(13)9(12)5-7(8)2/h5-6H,4,13H2,1-3H3. The Balaban J connectivity index is 3.15. The number of nitrogens with zero attached hydrogens (tertiary/aromatic N) is 1. The van der Waals surface area contributed by atoms with Crippen LogP contribution in [0, 0.1) is 12.7 Å². The highest BCUT2D eigenvalue weighted by atomic mass is 19.1. The zero-order valence-corrected chi connectivity index (χ0v) is 9.17. The van der Waals surface area contributed by atoms with E-state index in [9.17, 15) is 9.18 Å². The summed E-state index contributed by atoms with van der Waals surface area (Å²) in [6.45, 7) is 4.18. The van der Waals surface area contributed by atoms with Crippen LogP contribution in [-0.4, -0.2) is 24.4 Å². The molecule has 0 atom stereocenters. The average molecular weight is 210 g/mol. The molecule has 4 heteroatoms. The van der Waals surface area contributed by atoms with Crippen molar-refractivity contribution in [2.45, 2.75) is 13.8 Å². The molecule has 0 heterocycles. The highest BCUT2D eigenvalue weighted by molar-refractivity contribution is 5.96. The summed E-state index contributed by atoms with van der Waals surface area (Å²) in [5, 5.41) is 0. The molecule has 0 spiro atoms. The molecule has 0 aliphatic heterocycles. The number of nitrogens with two attached hydrogens (primary N) is 1. The Morgan fingerprint density at radius 2 is 2.13 bits per heavy atom. The van der Waals surface area contributed by atoms with Gasteiger partial charge < -0.3 is 10.6 Å². The van der Waals surface area contributed by atoms with Crippen molar-refractivity contribution in [3.05, 3.63) is 29.1 Å². The number of carbonyl (C=O) groups excluding carboxylic acids is 1. The SMILES string of the molecule is CCN(C)C(=O)c1cc(N)c(F)cc1C. The fourth-order valence-corrected chi connectivity index (χ4v) is 1.27. The molecule has 0 aliphatic rings. The number of carbonyl (C=O) groups is 1. The Hall–Kier alpha value is -1.58. The minimum absolute atomic E-state index is 0.00783. The Kier molecular flexibility index (Phi) is 3.29. The first kappa shape index (κ1) is 11.5. The molecule has 82 valence electrons. The van der Waals surface area contributed by atoms with Gasteiger partial charge in [0.05, 0.1) is 5.69 Å². The lowest BCUT2D eigenvalue weighted by Gasteiger charge is -2.16. The summed E-state index contributed by atoms with van der Waals surface area (Å²) in [4.78, 5) is 13.4. The molecule has 0 fully saturated rings. The molecule has 0 unspecified atom stereocenters. The van der Waals surface area contributed by atoms with Gasteiger partial charge in [0.15, 0.2) is 0 Å². The molecule has 1 aromatic carbocycles. The lowest BCUT2D eigenvalue weighted by atomic mass is 10.1. The number of hydrogen-bond acceptors (Lipinski definition) is 2. The topological polar surface area (TPSA) is 46.3 Å². The van der Waals surface area contributed by atoms with Crippen molar-refractivity contribution >= 4 is 11.6 Å². The first-order chi connectivity index (χ1) is 6.97. The van der Waals surface area contributed by atoms with Crippen LogP contribution in [0.5, 0.6) is 0 Å². The molecule has 0 saturated heterocycles. The number of rotatable bonds is 2. The van der Waals surface area contributed by atoms with Crippen LogP contribution < -0.4 is 5.73 Å². The molecule has 1 rings (SSSR count). The predicted octanol–water partition coefficient (Wildman–Crippen LogP) is 1.81. The normalized spacial score (nSPS) is 10.1. The molecule has 15 heavy (non-hydrogen) atoms. The van der Waals surface area contributed by atoms with Crippen molar-refractivity contribution in [3.8, 4) is 0 Å². The highest BCUT2D eigenvalue weighted by Gasteiger charge is 2.14. The third kappa shape index (κ3) is 2.26. The predicted molar refractivity (Wildman–Crippen MR) is 58.2 cm³/mol. The first-order valence-electron chi connectivity index (χ1n) is 4.78. The van der Waals surface area contributed by atoms with Gasteiger partial charge in [-0.25, -0.2) is 4.39 Å². The third-order valence-corrected chi connectivity index (χ3v) is 2.40. The molecule has 0 aromatic heterocycles. The van der Waals surface area contributed by atoms with Gasteiger partial charge in [-0.15, -0.1) is 0 Å². The van der Waals surface area contributed by atoms with Crippen LogP contribution >= 0.6 is 0 Å². The van der Waals surface area contributed by atoms with E-state index in [4.69, 9.17) is 5.73 Å². The van der Waals surface area contributed by atoms with E-state index in [1.165, 1.54) is 12.1 Å². The second kappa shape index (κ2) is 4.29. The van der Waals surface area contributed by atoms with Gasteiger partial charge in [-0.05, 0) is 31.5 Å². The number of anilines is 1. The van der Waals surface area contributed by atoms with Gasteiger partial charge in [-0.3, -0.25) is 4.79 Å². The first-order valence-corrected chi connectivity index (χ1v) is 4.78. The quantitative estimate of drug-likeness (QED) is 0.757. The largest absolute Gasteiger partial charge is 0.396 e. The minimum atomic E-state index is -0.483. The molecule has 0 aliphatic carbocycles. The van der Waals surface area contributed by atoms with Gasteiger partial charge in [0.2, 0.25) is 0 Å². The maximum Gasteiger partial charge on any atom is 0.253 e. The van der Waals surface area contributed by atoms with E-state index < -0.39 is 5.82 Å².